The van der Waals surface area contributed by atoms with Crippen molar-refractivity contribution >= 4 is 11.6 Å². The number of aromatic nitrogens is 1. The Morgan fingerprint density at radius 3 is 2.85 bits per heavy atom. The molecule has 0 radical (unpaired) electrons. The van der Waals surface area contributed by atoms with Crippen LogP contribution < -0.4 is 10.2 Å². The number of para-hydroxylation sites is 1. The van der Waals surface area contributed by atoms with Gasteiger partial charge in [0.05, 0.1) is 5.69 Å². The number of anilines is 1. The second-order valence-electron chi connectivity index (χ2n) is 6.41. The fourth-order valence-corrected chi connectivity index (χ4v) is 3.30. The summed E-state index contributed by atoms with van der Waals surface area (Å²) in [6, 6.07) is 14.5. The van der Waals surface area contributed by atoms with Crippen molar-refractivity contribution in [3.05, 3.63) is 71.9 Å². The lowest BCUT2D eigenvalue weighted by Crippen LogP contribution is -2.41. The van der Waals surface area contributed by atoms with Crippen LogP contribution in [-0.2, 0) is 12.8 Å². The summed E-state index contributed by atoms with van der Waals surface area (Å²) in [5.74, 6) is 1.09. The van der Waals surface area contributed by atoms with Crippen molar-refractivity contribution in [3.63, 3.8) is 0 Å². The van der Waals surface area contributed by atoms with E-state index < -0.39 is 0 Å². The minimum Gasteiger partial charge on any atom is -0.444 e. The number of hydrogen-bond donors (Lipinski definition) is 1. The number of nitrogens with zero attached hydrogens (tertiary/aromatic N) is 3. The molecule has 0 unspecified atom stereocenters. The molecular weight excluding hydrogens is 343 g/mol. The molecule has 3 aromatic rings. The van der Waals surface area contributed by atoms with Gasteiger partial charge in [-0.25, -0.2) is 9.37 Å². The second-order valence-corrected chi connectivity index (χ2v) is 6.41. The molecule has 1 aliphatic heterocycles. The van der Waals surface area contributed by atoms with Crippen LogP contribution in [0.1, 0.15) is 11.3 Å². The molecule has 0 saturated carbocycles. The van der Waals surface area contributed by atoms with Crippen molar-refractivity contribution < 1.29 is 8.81 Å². The monoisotopic (exact) mass is 364 g/mol. The smallest absolute Gasteiger partial charge is 0.226 e. The Morgan fingerprint density at radius 1 is 1.22 bits per heavy atom. The average Bonchev–Trinajstić information content (AvgIpc) is 3.33. The highest BCUT2D eigenvalue weighted by molar-refractivity contribution is 5.97. The molecule has 2 aromatic carbocycles. The van der Waals surface area contributed by atoms with E-state index in [1.54, 1.807) is 25.4 Å². The van der Waals surface area contributed by atoms with Crippen LogP contribution in [0, 0.1) is 5.82 Å². The van der Waals surface area contributed by atoms with Gasteiger partial charge in [-0.05, 0) is 42.3 Å². The van der Waals surface area contributed by atoms with Gasteiger partial charge in [-0.2, -0.15) is 0 Å². The molecule has 0 atom stereocenters. The van der Waals surface area contributed by atoms with Crippen LogP contribution in [0.3, 0.4) is 0 Å². The van der Waals surface area contributed by atoms with Crippen molar-refractivity contribution in [2.75, 3.05) is 25.0 Å². The molecule has 2 heterocycles. The van der Waals surface area contributed by atoms with E-state index in [9.17, 15) is 4.39 Å². The Morgan fingerprint density at radius 2 is 2.04 bits per heavy atom. The highest BCUT2D eigenvalue weighted by atomic mass is 19.1. The molecule has 1 N–H and O–H groups in total. The predicted octanol–water partition coefficient (Wildman–Crippen LogP) is 3.66. The van der Waals surface area contributed by atoms with E-state index >= 15 is 0 Å². The van der Waals surface area contributed by atoms with Gasteiger partial charge in [0.1, 0.15) is 12.1 Å². The van der Waals surface area contributed by atoms with E-state index in [-0.39, 0.29) is 5.82 Å². The summed E-state index contributed by atoms with van der Waals surface area (Å²) in [7, 11) is 1.80. The lowest BCUT2D eigenvalue weighted by molar-refractivity contribution is 0.571. The summed E-state index contributed by atoms with van der Waals surface area (Å²) < 4.78 is 18.5. The molecule has 0 bridgehead atoms. The van der Waals surface area contributed by atoms with E-state index in [0.717, 1.165) is 30.2 Å². The summed E-state index contributed by atoms with van der Waals surface area (Å²) in [5.41, 5.74) is 4.17. The first-order valence-electron chi connectivity index (χ1n) is 9.01. The minimum absolute atomic E-state index is 0.274. The van der Waals surface area contributed by atoms with Crippen molar-refractivity contribution in [1.29, 1.82) is 0 Å². The predicted molar refractivity (Wildman–Crippen MR) is 104 cm³/mol. The first-order chi connectivity index (χ1) is 13.2. The minimum atomic E-state index is -0.274. The maximum absolute atomic E-state index is 13.0. The summed E-state index contributed by atoms with van der Waals surface area (Å²) in [5, 5.41) is 3.40. The number of nitrogens with one attached hydrogen (secondary N) is 1. The van der Waals surface area contributed by atoms with Crippen LogP contribution in [0.25, 0.3) is 11.5 Å². The molecule has 0 saturated heterocycles. The third-order valence-corrected chi connectivity index (χ3v) is 4.66. The van der Waals surface area contributed by atoms with Gasteiger partial charge in [0, 0.05) is 37.8 Å². The first kappa shape index (κ1) is 17.3. The number of fused-ring (bicyclic) bond motifs is 1. The highest BCUT2D eigenvalue weighted by Crippen LogP contribution is 2.27. The molecule has 6 heteroatoms. The number of benzene rings is 2. The molecule has 0 amide bonds. The molecule has 5 nitrogen and oxygen atoms in total. The van der Waals surface area contributed by atoms with Gasteiger partial charge >= 0.3 is 0 Å². The number of oxazole rings is 1. The third kappa shape index (κ3) is 3.69. The fraction of sp³-hybridized carbons (Fsp3) is 0.238. The first-order valence-corrected chi connectivity index (χ1v) is 9.01. The SMILES string of the molecule is CN=C(NCCc1coc(-c2ccc(F)cc2)n1)N1CCc2ccccc21. The molecule has 1 aliphatic rings. The lowest BCUT2D eigenvalue weighted by Gasteiger charge is -2.22. The molecule has 27 heavy (non-hydrogen) atoms. The molecule has 0 spiro atoms. The number of aliphatic imine (C=N–C) groups is 1. The largest absolute Gasteiger partial charge is 0.444 e. The van der Waals surface area contributed by atoms with Crippen molar-refractivity contribution in [2.24, 2.45) is 4.99 Å². The van der Waals surface area contributed by atoms with Crippen LogP contribution in [0.4, 0.5) is 10.1 Å². The normalized spacial score (nSPS) is 13.7. The summed E-state index contributed by atoms with van der Waals surface area (Å²) in [6.07, 6.45) is 3.38. The van der Waals surface area contributed by atoms with Gasteiger partial charge in [-0.15, -0.1) is 0 Å². The Labute approximate surface area is 157 Å². The Balaban J connectivity index is 1.36. The van der Waals surface area contributed by atoms with E-state index in [1.165, 1.54) is 23.4 Å². The highest BCUT2D eigenvalue weighted by Gasteiger charge is 2.22. The van der Waals surface area contributed by atoms with E-state index in [2.05, 4.69) is 44.5 Å². The lowest BCUT2D eigenvalue weighted by atomic mass is 10.2. The van der Waals surface area contributed by atoms with Crippen LogP contribution in [0.15, 0.2) is 64.2 Å². The van der Waals surface area contributed by atoms with Gasteiger partial charge in [0.15, 0.2) is 5.96 Å². The maximum atomic E-state index is 13.0. The van der Waals surface area contributed by atoms with Crippen LogP contribution in [0.5, 0.6) is 0 Å². The van der Waals surface area contributed by atoms with Crippen molar-refractivity contribution in [3.8, 4) is 11.5 Å². The van der Waals surface area contributed by atoms with Crippen LogP contribution >= 0.6 is 0 Å². The topological polar surface area (TPSA) is 53.7 Å². The zero-order valence-electron chi connectivity index (χ0n) is 15.2. The number of halogens is 1. The van der Waals surface area contributed by atoms with Crippen molar-refractivity contribution in [2.45, 2.75) is 12.8 Å². The molecule has 4 rings (SSSR count). The van der Waals surface area contributed by atoms with E-state index in [4.69, 9.17) is 4.42 Å². The van der Waals surface area contributed by atoms with Gasteiger partial charge in [-0.3, -0.25) is 4.99 Å². The van der Waals surface area contributed by atoms with Crippen LogP contribution in [0.2, 0.25) is 0 Å². The van der Waals surface area contributed by atoms with Crippen molar-refractivity contribution in [1.82, 2.24) is 10.3 Å². The Hall–Kier alpha value is -3.15. The summed E-state index contributed by atoms with van der Waals surface area (Å²) >= 11 is 0. The fourth-order valence-electron chi connectivity index (χ4n) is 3.30. The zero-order chi connectivity index (χ0) is 18.6. The molecule has 0 fully saturated rings. The van der Waals surface area contributed by atoms with Gasteiger partial charge in [0.25, 0.3) is 0 Å². The standard InChI is InChI=1S/C21H21FN4O/c1-23-21(26-13-11-15-4-2-3-5-19(15)26)24-12-10-18-14-27-20(25-18)16-6-8-17(22)9-7-16/h2-9,14H,10-13H2,1H3,(H,23,24). The average molecular weight is 364 g/mol. The maximum Gasteiger partial charge on any atom is 0.226 e. The van der Waals surface area contributed by atoms with E-state index in [1.807, 2.05) is 0 Å². The van der Waals surface area contributed by atoms with Gasteiger partial charge in [0.2, 0.25) is 5.89 Å². The van der Waals surface area contributed by atoms with Gasteiger partial charge in [-0.1, -0.05) is 18.2 Å². The van der Waals surface area contributed by atoms with E-state index in [0.29, 0.717) is 18.9 Å². The molecule has 0 aliphatic carbocycles. The summed E-state index contributed by atoms with van der Waals surface area (Å²) in [4.78, 5) is 11.1. The van der Waals surface area contributed by atoms with Crippen LogP contribution in [-0.4, -0.2) is 31.1 Å². The molecular formula is C21H21FN4O. The second kappa shape index (κ2) is 7.61. The Kier molecular flexibility index (Phi) is 4.87. The molecule has 1 aromatic heterocycles. The number of rotatable bonds is 4. The molecule has 138 valence electrons. The zero-order valence-corrected chi connectivity index (χ0v) is 15.2. The van der Waals surface area contributed by atoms with Gasteiger partial charge < -0.3 is 14.6 Å². The summed E-state index contributed by atoms with van der Waals surface area (Å²) in [6.45, 7) is 1.62. The quantitative estimate of drug-likeness (QED) is 0.567. The third-order valence-electron chi connectivity index (χ3n) is 4.66. The number of guanidine groups is 1. The Bertz CT molecular complexity index is 949. The number of hydrogen-bond acceptors (Lipinski definition) is 3.